The molecule has 0 unspecified atom stereocenters. The van der Waals surface area contributed by atoms with Crippen LogP contribution < -0.4 is 4.74 Å². The van der Waals surface area contributed by atoms with Gasteiger partial charge in [0.25, 0.3) is 0 Å². The monoisotopic (exact) mass is 232 g/mol. The van der Waals surface area contributed by atoms with Crippen molar-refractivity contribution in [3.05, 3.63) is 29.3 Å². The van der Waals surface area contributed by atoms with Gasteiger partial charge in [0.05, 0.1) is 12.2 Å². The molecule has 1 aromatic rings. The number of esters is 1. The zero-order chi connectivity index (χ0) is 11.8. The lowest BCUT2D eigenvalue weighted by Crippen LogP contribution is -2.20. The Kier molecular flexibility index (Phi) is 2.49. The highest BCUT2D eigenvalue weighted by atomic mass is 19.4. The first kappa shape index (κ1) is 10.8. The number of carbonyl (C=O) groups excluding carboxylic acids is 1. The van der Waals surface area contributed by atoms with Gasteiger partial charge in [-0.15, -0.1) is 13.2 Å². The first-order chi connectivity index (χ1) is 7.46. The number of carbonyl (C=O) groups is 1. The lowest BCUT2D eigenvalue weighted by molar-refractivity contribution is -0.274. The first-order valence-electron chi connectivity index (χ1n) is 4.51. The third kappa shape index (κ3) is 2.26. The van der Waals surface area contributed by atoms with Crippen molar-refractivity contribution in [3.63, 3.8) is 0 Å². The topological polar surface area (TPSA) is 35.5 Å². The molecule has 0 atom stereocenters. The maximum atomic E-state index is 11.9. The molecule has 3 nitrogen and oxygen atoms in total. The van der Waals surface area contributed by atoms with E-state index in [2.05, 4.69) is 4.74 Å². The van der Waals surface area contributed by atoms with Crippen molar-refractivity contribution in [1.82, 2.24) is 0 Å². The summed E-state index contributed by atoms with van der Waals surface area (Å²) >= 11 is 0. The molecular weight excluding hydrogens is 225 g/mol. The van der Waals surface area contributed by atoms with Gasteiger partial charge in [0.1, 0.15) is 5.75 Å². The Hall–Kier alpha value is -1.72. The van der Waals surface area contributed by atoms with Crippen LogP contribution in [-0.2, 0) is 11.2 Å². The highest BCUT2D eigenvalue weighted by Crippen LogP contribution is 2.27. The van der Waals surface area contributed by atoms with Gasteiger partial charge >= 0.3 is 12.3 Å². The minimum atomic E-state index is -4.72. The van der Waals surface area contributed by atoms with Crippen molar-refractivity contribution in [1.29, 1.82) is 0 Å². The molecule has 2 rings (SSSR count). The Bertz CT molecular complexity index is 426. The number of ether oxygens (including phenoxy) is 2. The summed E-state index contributed by atoms with van der Waals surface area (Å²) < 4.78 is 44.3. The van der Waals surface area contributed by atoms with E-state index in [4.69, 9.17) is 4.74 Å². The van der Waals surface area contributed by atoms with Crippen LogP contribution in [-0.4, -0.2) is 18.9 Å². The number of fused-ring (bicyclic) bond motifs is 1. The van der Waals surface area contributed by atoms with E-state index in [0.29, 0.717) is 17.5 Å². The van der Waals surface area contributed by atoms with Gasteiger partial charge in [0.15, 0.2) is 0 Å². The maximum absolute atomic E-state index is 11.9. The van der Waals surface area contributed by atoms with Crippen molar-refractivity contribution in [2.45, 2.75) is 12.8 Å². The number of alkyl halides is 3. The second-order valence-corrected chi connectivity index (χ2v) is 3.25. The molecule has 1 heterocycles. The molecule has 1 aromatic carbocycles. The number of hydrogen-bond acceptors (Lipinski definition) is 3. The Balaban J connectivity index is 2.29. The minimum absolute atomic E-state index is 0.182. The summed E-state index contributed by atoms with van der Waals surface area (Å²) in [4.78, 5) is 11.2. The van der Waals surface area contributed by atoms with Gasteiger partial charge in [0.2, 0.25) is 0 Å². The third-order valence-corrected chi connectivity index (χ3v) is 2.13. The number of rotatable bonds is 1. The van der Waals surface area contributed by atoms with Gasteiger partial charge in [-0.25, -0.2) is 4.79 Å². The fourth-order valence-electron chi connectivity index (χ4n) is 1.50. The third-order valence-electron chi connectivity index (χ3n) is 2.13. The highest BCUT2D eigenvalue weighted by molar-refractivity contribution is 5.92. The fraction of sp³-hybridized carbons (Fsp3) is 0.300. The van der Waals surface area contributed by atoms with Crippen LogP contribution in [0.3, 0.4) is 0 Å². The van der Waals surface area contributed by atoms with Crippen LogP contribution in [0.4, 0.5) is 13.2 Å². The number of cyclic esters (lactones) is 1. The van der Waals surface area contributed by atoms with Crippen LogP contribution in [0, 0.1) is 0 Å². The van der Waals surface area contributed by atoms with Crippen molar-refractivity contribution < 1.29 is 27.4 Å². The fourth-order valence-corrected chi connectivity index (χ4v) is 1.50. The van der Waals surface area contributed by atoms with Gasteiger partial charge in [-0.2, -0.15) is 0 Å². The van der Waals surface area contributed by atoms with Crippen LogP contribution in [0.1, 0.15) is 15.9 Å². The zero-order valence-corrected chi connectivity index (χ0v) is 8.00. The smallest absolute Gasteiger partial charge is 0.462 e. The van der Waals surface area contributed by atoms with Crippen LogP contribution in [0.25, 0.3) is 0 Å². The van der Waals surface area contributed by atoms with Crippen molar-refractivity contribution in [3.8, 4) is 5.75 Å². The Labute approximate surface area is 88.8 Å². The number of benzene rings is 1. The van der Waals surface area contributed by atoms with Crippen molar-refractivity contribution in [2.24, 2.45) is 0 Å². The average Bonchev–Trinajstić information content (AvgIpc) is 2.15. The van der Waals surface area contributed by atoms with Gasteiger partial charge in [-0.05, 0) is 23.8 Å². The highest BCUT2D eigenvalue weighted by Gasteiger charge is 2.31. The standard InChI is InChI=1S/C10H7F3O3/c11-10(12,13)16-7-1-2-8-6(5-7)3-4-15-9(8)14/h1-2,5H,3-4H2. The van der Waals surface area contributed by atoms with E-state index in [-0.39, 0.29) is 12.4 Å². The predicted molar refractivity (Wildman–Crippen MR) is 47.1 cm³/mol. The molecule has 6 heteroatoms. The van der Waals surface area contributed by atoms with E-state index in [1.807, 2.05) is 0 Å². The lowest BCUT2D eigenvalue weighted by Gasteiger charge is -2.17. The van der Waals surface area contributed by atoms with Gasteiger partial charge < -0.3 is 9.47 Å². The molecule has 0 spiro atoms. The van der Waals surface area contributed by atoms with Crippen LogP contribution >= 0.6 is 0 Å². The molecular formula is C10H7F3O3. The Morgan fingerprint density at radius 1 is 1.31 bits per heavy atom. The summed E-state index contributed by atoms with van der Waals surface area (Å²) in [6, 6.07) is 3.58. The van der Waals surface area contributed by atoms with Crippen LogP contribution in [0.5, 0.6) is 5.75 Å². The van der Waals surface area contributed by atoms with E-state index in [0.717, 1.165) is 6.07 Å². The second kappa shape index (κ2) is 3.70. The lowest BCUT2D eigenvalue weighted by atomic mass is 10.0. The van der Waals surface area contributed by atoms with E-state index < -0.39 is 12.3 Å². The van der Waals surface area contributed by atoms with Crippen LogP contribution in [0.2, 0.25) is 0 Å². The predicted octanol–water partition coefficient (Wildman–Crippen LogP) is 2.30. The zero-order valence-electron chi connectivity index (χ0n) is 8.00. The Morgan fingerprint density at radius 3 is 2.75 bits per heavy atom. The molecule has 1 aliphatic rings. The molecule has 0 saturated carbocycles. The molecule has 0 fully saturated rings. The molecule has 0 amide bonds. The van der Waals surface area contributed by atoms with E-state index in [1.54, 1.807) is 0 Å². The second-order valence-electron chi connectivity index (χ2n) is 3.25. The summed E-state index contributed by atoms with van der Waals surface area (Å²) in [5.41, 5.74) is 0.804. The van der Waals surface area contributed by atoms with Gasteiger partial charge in [0, 0.05) is 6.42 Å². The number of hydrogen-bond donors (Lipinski definition) is 0. The molecule has 86 valence electrons. The normalized spacial score (nSPS) is 15.3. The summed E-state index contributed by atoms with van der Waals surface area (Å²) in [5.74, 6) is -0.833. The van der Waals surface area contributed by atoms with Crippen molar-refractivity contribution in [2.75, 3.05) is 6.61 Å². The summed E-state index contributed by atoms with van der Waals surface area (Å²) in [7, 11) is 0. The summed E-state index contributed by atoms with van der Waals surface area (Å²) in [6.45, 7) is 0.182. The molecule has 0 bridgehead atoms. The molecule has 0 aliphatic carbocycles. The van der Waals surface area contributed by atoms with E-state index >= 15 is 0 Å². The largest absolute Gasteiger partial charge is 0.573 e. The first-order valence-corrected chi connectivity index (χ1v) is 4.51. The summed E-state index contributed by atoms with van der Waals surface area (Å²) in [6.07, 6.45) is -4.32. The maximum Gasteiger partial charge on any atom is 0.573 e. The molecule has 0 N–H and O–H groups in total. The number of halogens is 3. The summed E-state index contributed by atoms with van der Waals surface area (Å²) in [5, 5.41) is 0. The minimum Gasteiger partial charge on any atom is -0.462 e. The Morgan fingerprint density at radius 2 is 2.06 bits per heavy atom. The van der Waals surface area contributed by atoms with E-state index in [1.165, 1.54) is 12.1 Å². The van der Waals surface area contributed by atoms with E-state index in [9.17, 15) is 18.0 Å². The van der Waals surface area contributed by atoms with Crippen molar-refractivity contribution >= 4 is 5.97 Å². The van der Waals surface area contributed by atoms with Gasteiger partial charge in [-0.3, -0.25) is 0 Å². The van der Waals surface area contributed by atoms with Gasteiger partial charge in [-0.1, -0.05) is 0 Å². The van der Waals surface area contributed by atoms with Crippen LogP contribution in [0.15, 0.2) is 18.2 Å². The average molecular weight is 232 g/mol. The molecule has 16 heavy (non-hydrogen) atoms. The molecule has 1 aliphatic heterocycles. The molecule has 0 radical (unpaired) electrons. The molecule has 0 aromatic heterocycles. The molecule has 0 saturated heterocycles. The quantitative estimate of drug-likeness (QED) is 0.697. The SMILES string of the molecule is O=C1OCCc2cc(OC(F)(F)F)ccc21.